The monoisotopic (exact) mass is 240 g/mol. The molecule has 8 heteroatoms. The Kier molecular flexibility index (Phi) is 6.93. The second kappa shape index (κ2) is 5.78. The first-order valence-corrected chi connectivity index (χ1v) is 4.73. The Morgan fingerprint density at radius 2 is 1.15 bits per heavy atom. The molecule has 0 bridgehead atoms. The molecule has 1 N–H and O–H groups in total. The Hall–Kier alpha value is 0.130. The van der Waals surface area contributed by atoms with Gasteiger partial charge in [0, 0.05) is 0 Å². The molecule has 3 nitrogen and oxygen atoms in total. The number of rotatable bonds is 0. The predicted octanol–water partition coefficient (Wildman–Crippen LogP) is 2.01. The van der Waals surface area contributed by atoms with E-state index in [-0.39, 0.29) is 9.90 Å². The summed E-state index contributed by atoms with van der Waals surface area (Å²) in [6.45, 7) is 0. The van der Waals surface area contributed by atoms with Gasteiger partial charge >= 0.3 is 15.6 Å². The van der Waals surface area contributed by atoms with Gasteiger partial charge in [0.25, 0.3) is 0 Å². The molecule has 0 aromatic carbocycles. The van der Waals surface area contributed by atoms with Crippen LogP contribution in [-0.4, -0.2) is 18.5 Å². The number of halogens is 3. The zero-order chi connectivity index (χ0) is 9.83. The second-order valence-corrected chi connectivity index (χ2v) is 3.75. The lowest BCUT2D eigenvalue weighted by Crippen LogP contribution is -2.21. The van der Waals surface area contributed by atoms with Crippen LogP contribution in [0.25, 0.3) is 0 Å². The lowest BCUT2D eigenvalue weighted by molar-refractivity contribution is -0.0510. The van der Waals surface area contributed by atoms with E-state index in [1.54, 1.807) is 0 Å². The zero-order valence-electron chi connectivity index (χ0n) is 6.84. The third kappa shape index (κ3) is 7.22. The van der Waals surface area contributed by atoms with Crippen LogP contribution < -0.4 is 0 Å². The molecule has 1 rings (SSSR count). The number of hydrogen-bond donors (Lipinski definition) is 1. The summed E-state index contributed by atoms with van der Waals surface area (Å²) in [4.78, 5) is 0. The SMILES string of the molecule is C1CCC1.O=S(=O)(O)C(F)(F)F.P. The molecular weight excluding hydrogens is 228 g/mol. The molecule has 0 radical (unpaired) electrons. The summed E-state index contributed by atoms with van der Waals surface area (Å²) >= 11 is 0. The molecule has 1 saturated carbocycles. The van der Waals surface area contributed by atoms with Crippen molar-refractivity contribution in [3.8, 4) is 0 Å². The van der Waals surface area contributed by atoms with Gasteiger partial charge in [0.05, 0.1) is 0 Å². The third-order valence-electron chi connectivity index (χ3n) is 1.29. The van der Waals surface area contributed by atoms with Gasteiger partial charge in [-0.3, -0.25) is 4.55 Å². The lowest BCUT2D eigenvalue weighted by atomic mass is 10.0. The van der Waals surface area contributed by atoms with Gasteiger partial charge < -0.3 is 0 Å². The zero-order valence-corrected chi connectivity index (χ0v) is 9.07. The van der Waals surface area contributed by atoms with Crippen molar-refractivity contribution in [2.75, 3.05) is 0 Å². The standard InChI is InChI=1S/C4H8.CHF3O3S.H3P/c1-2-4-3-1;2-1(3,4)8(5,6)7;/h1-4H2;(H,5,6,7);1H3. The van der Waals surface area contributed by atoms with Gasteiger partial charge in [0.1, 0.15) is 0 Å². The summed E-state index contributed by atoms with van der Waals surface area (Å²) in [5.41, 5.74) is -5.53. The summed E-state index contributed by atoms with van der Waals surface area (Å²) in [5.74, 6) is 0. The smallest absolute Gasteiger partial charge is 0.279 e. The van der Waals surface area contributed by atoms with Crippen LogP contribution in [0.5, 0.6) is 0 Å². The Morgan fingerprint density at radius 3 is 1.15 bits per heavy atom. The molecule has 0 aliphatic heterocycles. The minimum Gasteiger partial charge on any atom is -0.279 e. The summed E-state index contributed by atoms with van der Waals surface area (Å²) in [5, 5.41) is 0. The number of alkyl halides is 3. The average molecular weight is 240 g/mol. The molecular formula is C5H12F3O3PS. The van der Waals surface area contributed by atoms with Gasteiger partial charge in [-0.05, 0) is 0 Å². The van der Waals surface area contributed by atoms with Crippen LogP contribution in [0.2, 0.25) is 0 Å². The third-order valence-corrected chi connectivity index (χ3v) is 1.88. The first kappa shape index (κ1) is 15.6. The van der Waals surface area contributed by atoms with Gasteiger partial charge in [-0.25, -0.2) is 0 Å². The van der Waals surface area contributed by atoms with Gasteiger partial charge in [-0.1, -0.05) is 25.7 Å². The van der Waals surface area contributed by atoms with Gasteiger partial charge in [0.2, 0.25) is 0 Å². The van der Waals surface area contributed by atoms with Crippen LogP contribution in [0.3, 0.4) is 0 Å². The van der Waals surface area contributed by atoms with Crippen LogP contribution in [0.1, 0.15) is 25.7 Å². The fourth-order valence-electron chi connectivity index (χ4n) is 0.250. The maximum atomic E-state index is 10.7. The number of hydrogen-bond acceptors (Lipinski definition) is 2. The molecule has 1 unspecified atom stereocenters. The van der Waals surface area contributed by atoms with E-state index in [0.29, 0.717) is 0 Å². The molecule has 0 aromatic heterocycles. The highest BCUT2D eigenvalue weighted by Crippen LogP contribution is 2.20. The van der Waals surface area contributed by atoms with Crippen LogP contribution in [0, 0.1) is 0 Å². The fraction of sp³-hybridized carbons (Fsp3) is 1.00. The van der Waals surface area contributed by atoms with Crippen molar-refractivity contribution < 1.29 is 26.1 Å². The molecule has 0 aromatic rings. The van der Waals surface area contributed by atoms with E-state index in [1.807, 2.05) is 0 Å². The fourth-order valence-corrected chi connectivity index (χ4v) is 0.250. The van der Waals surface area contributed by atoms with Crippen LogP contribution in [-0.2, 0) is 10.1 Å². The predicted molar refractivity (Wildman–Crippen MR) is 47.2 cm³/mol. The minimum atomic E-state index is -5.84. The van der Waals surface area contributed by atoms with E-state index < -0.39 is 15.6 Å². The molecule has 0 amide bonds. The average Bonchev–Trinajstić information content (AvgIpc) is 1.50. The minimum absolute atomic E-state index is 0. The van der Waals surface area contributed by atoms with Crippen molar-refractivity contribution in [1.29, 1.82) is 0 Å². The van der Waals surface area contributed by atoms with Gasteiger partial charge in [-0.15, -0.1) is 0 Å². The highest BCUT2D eigenvalue weighted by molar-refractivity contribution is 7.86. The Labute approximate surface area is 78.1 Å². The largest absolute Gasteiger partial charge is 0.522 e. The molecule has 0 spiro atoms. The van der Waals surface area contributed by atoms with Crippen molar-refractivity contribution in [1.82, 2.24) is 0 Å². The first-order valence-electron chi connectivity index (χ1n) is 3.29. The maximum absolute atomic E-state index is 10.7. The van der Waals surface area contributed by atoms with Crippen LogP contribution >= 0.6 is 9.90 Å². The quantitative estimate of drug-likeness (QED) is 0.400. The van der Waals surface area contributed by atoms with E-state index in [4.69, 9.17) is 13.0 Å². The van der Waals surface area contributed by atoms with E-state index in [9.17, 15) is 13.2 Å². The Bertz CT molecular complexity index is 216. The van der Waals surface area contributed by atoms with E-state index in [0.717, 1.165) is 0 Å². The van der Waals surface area contributed by atoms with Crippen LogP contribution in [0.15, 0.2) is 0 Å². The highest BCUT2D eigenvalue weighted by atomic mass is 32.2. The van der Waals surface area contributed by atoms with E-state index >= 15 is 0 Å². The van der Waals surface area contributed by atoms with Gasteiger partial charge in [-0.2, -0.15) is 31.5 Å². The molecule has 13 heavy (non-hydrogen) atoms. The van der Waals surface area contributed by atoms with Crippen molar-refractivity contribution in [2.45, 2.75) is 31.2 Å². The Balaban J connectivity index is 0. The van der Waals surface area contributed by atoms with Crippen LogP contribution in [0.4, 0.5) is 13.2 Å². The molecule has 1 atom stereocenters. The molecule has 1 aliphatic rings. The summed E-state index contributed by atoms with van der Waals surface area (Å²) in [6, 6.07) is 0. The maximum Gasteiger partial charge on any atom is 0.522 e. The molecule has 1 aliphatic carbocycles. The van der Waals surface area contributed by atoms with Crippen molar-refractivity contribution in [3.63, 3.8) is 0 Å². The summed E-state index contributed by atoms with van der Waals surface area (Å²) in [7, 11) is -5.84. The topological polar surface area (TPSA) is 54.4 Å². The molecule has 82 valence electrons. The van der Waals surface area contributed by atoms with Gasteiger partial charge in [0.15, 0.2) is 0 Å². The van der Waals surface area contributed by atoms with Crippen molar-refractivity contribution >= 4 is 20.0 Å². The van der Waals surface area contributed by atoms with E-state index in [1.165, 1.54) is 25.7 Å². The summed E-state index contributed by atoms with van der Waals surface area (Å²) < 4.78 is 57.5. The normalized spacial score (nSPS) is 16.0. The second-order valence-electron chi connectivity index (χ2n) is 2.34. The lowest BCUT2D eigenvalue weighted by Gasteiger charge is -2.05. The molecule has 1 fully saturated rings. The summed E-state index contributed by atoms with van der Waals surface area (Å²) in [6.07, 6.45) is 6.00. The molecule has 0 heterocycles. The Morgan fingerprint density at radius 1 is 1.00 bits per heavy atom. The van der Waals surface area contributed by atoms with E-state index in [2.05, 4.69) is 0 Å². The molecule has 0 saturated heterocycles. The van der Waals surface area contributed by atoms with Crippen molar-refractivity contribution in [2.24, 2.45) is 0 Å². The highest BCUT2D eigenvalue weighted by Gasteiger charge is 2.44. The van der Waals surface area contributed by atoms with Crippen molar-refractivity contribution in [3.05, 3.63) is 0 Å². The first-order chi connectivity index (χ1) is 5.25.